The van der Waals surface area contributed by atoms with Crippen LogP contribution < -0.4 is 0 Å². The Balaban J connectivity index is 2.27. The Bertz CT molecular complexity index is 165. The minimum Gasteiger partial charge on any atom is -0.434 e. The van der Waals surface area contributed by atoms with Gasteiger partial charge in [0.25, 0.3) is 0 Å². The highest BCUT2D eigenvalue weighted by Gasteiger charge is 2.22. The lowest BCUT2D eigenvalue weighted by atomic mass is 10.4. The first-order valence-corrected chi connectivity index (χ1v) is 5.40. The predicted molar refractivity (Wildman–Crippen MR) is 48.5 cm³/mol. The summed E-state index contributed by atoms with van der Waals surface area (Å²) >= 11 is 6.99. The molecule has 0 unspecified atom stereocenters. The molecule has 0 N–H and O–H groups in total. The molecule has 1 fully saturated rings. The van der Waals surface area contributed by atoms with E-state index in [1.165, 1.54) is 0 Å². The van der Waals surface area contributed by atoms with Gasteiger partial charge in [-0.05, 0) is 6.92 Å². The molecule has 0 amide bonds. The Morgan fingerprint density at radius 2 is 2.50 bits per heavy atom. The monoisotopic (exact) mass is 210 g/mol. The van der Waals surface area contributed by atoms with Crippen molar-refractivity contribution in [3.63, 3.8) is 0 Å². The van der Waals surface area contributed by atoms with Crippen LogP contribution in [0.4, 0.5) is 0 Å². The summed E-state index contributed by atoms with van der Waals surface area (Å²) in [4.78, 5) is 10.7. The summed E-state index contributed by atoms with van der Waals surface area (Å²) in [5, 5.41) is 0. The second-order valence-electron chi connectivity index (χ2n) is 2.54. The summed E-state index contributed by atoms with van der Waals surface area (Å²) in [5.41, 5.74) is 0. The van der Waals surface area contributed by atoms with E-state index in [1.54, 1.807) is 11.8 Å². The van der Waals surface area contributed by atoms with Crippen LogP contribution in [0.1, 0.15) is 6.92 Å². The number of carbonyl (C=O) groups is 1. The molecule has 0 aromatic carbocycles. The van der Waals surface area contributed by atoms with Crippen molar-refractivity contribution in [1.29, 1.82) is 0 Å². The van der Waals surface area contributed by atoms with Gasteiger partial charge in [0.05, 0.1) is 11.9 Å². The first-order chi connectivity index (χ1) is 5.72. The van der Waals surface area contributed by atoms with E-state index in [9.17, 15) is 4.79 Å². The molecule has 70 valence electrons. The molecule has 3 nitrogen and oxygen atoms in total. The van der Waals surface area contributed by atoms with E-state index in [-0.39, 0.29) is 12.0 Å². The second kappa shape index (κ2) is 4.94. The van der Waals surface area contributed by atoms with Gasteiger partial charge in [-0.15, -0.1) is 11.6 Å². The molecule has 0 bridgehead atoms. The van der Waals surface area contributed by atoms with Crippen molar-refractivity contribution in [3.8, 4) is 0 Å². The summed E-state index contributed by atoms with van der Waals surface area (Å²) < 4.78 is 10.2. The molecule has 0 aliphatic carbocycles. The van der Waals surface area contributed by atoms with Gasteiger partial charge in [-0.1, -0.05) is 0 Å². The number of thioether (sulfide) groups is 1. The fourth-order valence-corrected chi connectivity index (χ4v) is 1.86. The van der Waals surface area contributed by atoms with Crippen molar-refractivity contribution in [2.24, 2.45) is 0 Å². The SMILES string of the molecule is C[C@H]1CSC[C@@H](OC(=O)CCl)O1. The summed E-state index contributed by atoms with van der Waals surface area (Å²) in [6, 6.07) is 0. The zero-order valence-electron chi connectivity index (χ0n) is 6.79. The van der Waals surface area contributed by atoms with Gasteiger partial charge in [0.1, 0.15) is 5.88 Å². The normalized spacial score (nSPS) is 29.8. The molecule has 0 saturated carbocycles. The van der Waals surface area contributed by atoms with Crippen LogP contribution in [0.15, 0.2) is 0 Å². The maximum atomic E-state index is 10.7. The minimum atomic E-state index is -0.420. The molecule has 1 saturated heterocycles. The molecule has 1 aliphatic heterocycles. The quantitative estimate of drug-likeness (QED) is 0.508. The van der Waals surface area contributed by atoms with Crippen molar-refractivity contribution in [2.75, 3.05) is 17.4 Å². The van der Waals surface area contributed by atoms with Crippen LogP contribution >= 0.6 is 23.4 Å². The van der Waals surface area contributed by atoms with Gasteiger partial charge in [-0.25, -0.2) is 0 Å². The van der Waals surface area contributed by atoms with E-state index < -0.39 is 12.3 Å². The average Bonchev–Trinajstić information content (AvgIpc) is 2.04. The molecular formula is C7H11ClO3S. The van der Waals surface area contributed by atoms with Crippen LogP contribution in [0.2, 0.25) is 0 Å². The predicted octanol–water partition coefficient (Wildman–Crippen LogP) is 1.25. The third kappa shape index (κ3) is 3.21. The zero-order valence-corrected chi connectivity index (χ0v) is 8.36. The number of alkyl halides is 1. The van der Waals surface area contributed by atoms with E-state index in [1.807, 2.05) is 6.92 Å². The zero-order chi connectivity index (χ0) is 8.97. The van der Waals surface area contributed by atoms with Crippen LogP contribution in [0.3, 0.4) is 0 Å². The Hall–Kier alpha value is 0.0700. The largest absolute Gasteiger partial charge is 0.434 e. The number of halogens is 1. The van der Waals surface area contributed by atoms with E-state index in [0.717, 1.165) is 5.75 Å². The number of hydrogen-bond acceptors (Lipinski definition) is 4. The maximum absolute atomic E-state index is 10.7. The first-order valence-electron chi connectivity index (χ1n) is 3.71. The van der Waals surface area contributed by atoms with E-state index in [2.05, 4.69) is 0 Å². The topological polar surface area (TPSA) is 35.5 Å². The number of ether oxygens (including phenoxy) is 2. The van der Waals surface area contributed by atoms with Gasteiger partial charge in [0.15, 0.2) is 0 Å². The lowest BCUT2D eigenvalue weighted by Crippen LogP contribution is -2.33. The summed E-state index contributed by atoms with van der Waals surface area (Å²) in [6.07, 6.45) is -0.262. The van der Waals surface area contributed by atoms with E-state index in [4.69, 9.17) is 21.1 Å². The molecule has 0 aromatic heterocycles. The third-order valence-corrected chi connectivity index (χ3v) is 2.79. The molecule has 0 aromatic rings. The molecule has 0 radical (unpaired) electrons. The summed E-state index contributed by atoms with van der Waals surface area (Å²) in [6.45, 7) is 1.95. The molecule has 0 spiro atoms. The molecule has 5 heteroatoms. The Morgan fingerprint density at radius 3 is 3.08 bits per heavy atom. The fourth-order valence-electron chi connectivity index (χ4n) is 0.908. The number of esters is 1. The highest BCUT2D eigenvalue weighted by atomic mass is 35.5. The van der Waals surface area contributed by atoms with Crippen molar-refractivity contribution in [2.45, 2.75) is 19.3 Å². The van der Waals surface area contributed by atoms with Crippen molar-refractivity contribution < 1.29 is 14.3 Å². The molecule has 1 heterocycles. The Morgan fingerprint density at radius 1 is 1.75 bits per heavy atom. The standard InChI is InChI=1S/C7H11ClO3S/c1-5-3-12-4-7(10-5)11-6(9)2-8/h5,7H,2-4H2,1H3/t5-,7+/m0/s1. The fraction of sp³-hybridized carbons (Fsp3) is 0.857. The summed E-state index contributed by atoms with van der Waals surface area (Å²) in [7, 11) is 0. The smallest absolute Gasteiger partial charge is 0.323 e. The van der Waals surface area contributed by atoms with Crippen LogP contribution in [-0.2, 0) is 14.3 Å². The van der Waals surface area contributed by atoms with Gasteiger partial charge in [-0.2, -0.15) is 11.8 Å². The second-order valence-corrected chi connectivity index (χ2v) is 3.88. The van der Waals surface area contributed by atoms with Crippen LogP contribution in [0.5, 0.6) is 0 Å². The van der Waals surface area contributed by atoms with Crippen molar-refractivity contribution in [3.05, 3.63) is 0 Å². The van der Waals surface area contributed by atoms with Gasteiger partial charge in [0, 0.05) is 5.75 Å². The van der Waals surface area contributed by atoms with Crippen LogP contribution in [0.25, 0.3) is 0 Å². The van der Waals surface area contributed by atoms with Crippen LogP contribution in [-0.4, -0.2) is 35.7 Å². The van der Waals surface area contributed by atoms with Gasteiger partial charge in [0.2, 0.25) is 6.29 Å². The van der Waals surface area contributed by atoms with Gasteiger partial charge >= 0.3 is 5.97 Å². The van der Waals surface area contributed by atoms with Crippen LogP contribution in [0, 0.1) is 0 Å². The van der Waals surface area contributed by atoms with Gasteiger partial charge < -0.3 is 9.47 Å². The maximum Gasteiger partial charge on any atom is 0.323 e. The molecule has 1 rings (SSSR count). The molecular weight excluding hydrogens is 200 g/mol. The summed E-state index contributed by atoms with van der Waals surface area (Å²) in [5.74, 6) is 1.12. The molecule has 1 aliphatic rings. The van der Waals surface area contributed by atoms with Crippen molar-refractivity contribution in [1.82, 2.24) is 0 Å². The van der Waals surface area contributed by atoms with E-state index >= 15 is 0 Å². The lowest BCUT2D eigenvalue weighted by molar-refractivity contribution is -0.178. The highest BCUT2D eigenvalue weighted by molar-refractivity contribution is 7.99. The molecule has 2 atom stereocenters. The number of rotatable bonds is 2. The number of hydrogen-bond donors (Lipinski definition) is 0. The Labute approximate surface area is 80.7 Å². The third-order valence-electron chi connectivity index (χ3n) is 1.36. The Kier molecular flexibility index (Phi) is 4.18. The number of carbonyl (C=O) groups excluding carboxylic acids is 1. The van der Waals surface area contributed by atoms with Gasteiger partial charge in [-0.3, -0.25) is 4.79 Å². The highest BCUT2D eigenvalue weighted by Crippen LogP contribution is 2.18. The lowest BCUT2D eigenvalue weighted by Gasteiger charge is -2.26. The molecule has 12 heavy (non-hydrogen) atoms. The first kappa shape index (κ1) is 10.2. The minimum absolute atomic E-state index is 0.112. The average molecular weight is 211 g/mol. The van der Waals surface area contributed by atoms with Crippen molar-refractivity contribution >= 4 is 29.3 Å². The van der Waals surface area contributed by atoms with E-state index in [0.29, 0.717) is 5.75 Å².